The molecule has 0 saturated heterocycles. The van der Waals surface area contributed by atoms with Crippen molar-refractivity contribution in [2.45, 2.75) is 10.1 Å². The number of hydrogen-bond acceptors (Lipinski definition) is 5. The first-order valence-corrected chi connectivity index (χ1v) is 9.31. The predicted molar refractivity (Wildman–Crippen MR) is 108 cm³/mol. The van der Waals surface area contributed by atoms with Crippen molar-refractivity contribution in [1.29, 1.82) is 0 Å². The van der Waals surface area contributed by atoms with Gasteiger partial charge in [0.05, 0.1) is 11.9 Å². The quantitative estimate of drug-likeness (QED) is 0.340. The molecule has 0 radical (unpaired) electrons. The van der Waals surface area contributed by atoms with Gasteiger partial charge in [-0.15, -0.1) is 0 Å². The minimum Gasteiger partial charge on any atom is -0.456 e. The van der Waals surface area contributed by atoms with Crippen LogP contribution in [0, 0.1) is 0 Å². The highest BCUT2D eigenvalue weighted by molar-refractivity contribution is 7.99. The van der Waals surface area contributed by atoms with Crippen LogP contribution in [0.4, 0.5) is 5.69 Å². The molecule has 0 bridgehead atoms. The zero-order valence-electron chi connectivity index (χ0n) is 14.2. The van der Waals surface area contributed by atoms with Gasteiger partial charge in [0.25, 0.3) is 0 Å². The van der Waals surface area contributed by atoms with Gasteiger partial charge in [-0.05, 0) is 54.2 Å². The van der Waals surface area contributed by atoms with Crippen LogP contribution in [0.25, 0.3) is 21.9 Å². The van der Waals surface area contributed by atoms with E-state index in [2.05, 4.69) is 16.0 Å². The minimum atomic E-state index is 0.693. The summed E-state index contributed by atoms with van der Waals surface area (Å²) >= 11 is 1.48. The number of aliphatic imine (C=N–C) groups is 1. The van der Waals surface area contributed by atoms with Crippen LogP contribution in [0.5, 0.6) is 0 Å². The van der Waals surface area contributed by atoms with E-state index in [0.717, 1.165) is 37.7 Å². The lowest BCUT2D eigenvalue weighted by atomic mass is 10.1. The first-order valence-electron chi connectivity index (χ1n) is 8.49. The van der Waals surface area contributed by atoms with Gasteiger partial charge in [-0.2, -0.15) is 0 Å². The fourth-order valence-corrected chi connectivity index (χ4v) is 3.64. The molecule has 5 aromatic rings. The van der Waals surface area contributed by atoms with Gasteiger partial charge in [-0.3, -0.25) is 4.99 Å². The molecule has 0 atom stereocenters. The fourth-order valence-electron chi connectivity index (χ4n) is 2.90. The normalized spacial score (nSPS) is 11.7. The Morgan fingerprint density at radius 1 is 0.815 bits per heavy atom. The lowest BCUT2D eigenvalue weighted by Gasteiger charge is -1.95. The van der Waals surface area contributed by atoms with Crippen LogP contribution in [0.3, 0.4) is 0 Å². The number of aromatic nitrogens is 1. The number of pyridine rings is 1. The standard InChI is InChI=1S/C22H14N2O2S/c1-2-6-19-17(5-1)18-10-8-15(13-20(18)26-19)24-14-16-9-11-22(25-16)27-21-7-3-4-12-23-21/h1-14H. The van der Waals surface area contributed by atoms with Crippen molar-refractivity contribution in [3.05, 3.63) is 84.8 Å². The van der Waals surface area contributed by atoms with Crippen LogP contribution in [-0.2, 0) is 0 Å². The van der Waals surface area contributed by atoms with Gasteiger partial charge >= 0.3 is 0 Å². The maximum atomic E-state index is 5.91. The van der Waals surface area contributed by atoms with Crippen molar-refractivity contribution in [3.63, 3.8) is 0 Å². The maximum absolute atomic E-state index is 5.91. The molecule has 0 aliphatic carbocycles. The van der Waals surface area contributed by atoms with E-state index in [0.29, 0.717) is 5.76 Å². The van der Waals surface area contributed by atoms with Crippen molar-refractivity contribution < 1.29 is 8.83 Å². The molecule has 0 N–H and O–H groups in total. The second-order valence-electron chi connectivity index (χ2n) is 5.96. The third-order valence-electron chi connectivity index (χ3n) is 4.15. The molecular weight excluding hydrogens is 356 g/mol. The summed E-state index contributed by atoms with van der Waals surface area (Å²) in [5.74, 6) is 0.693. The maximum Gasteiger partial charge on any atom is 0.167 e. The monoisotopic (exact) mass is 370 g/mol. The number of nitrogens with zero attached hydrogens (tertiary/aromatic N) is 2. The van der Waals surface area contributed by atoms with E-state index in [1.54, 1.807) is 12.4 Å². The smallest absolute Gasteiger partial charge is 0.167 e. The third kappa shape index (κ3) is 3.25. The second-order valence-corrected chi connectivity index (χ2v) is 6.99. The molecule has 3 aromatic heterocycles. The van der Waals surface area contributed by atoms with Crippen molar-refractivity contribution in [2.75, 3.05) is 0 Å². The lowest BCUT2D eigenvalue weighted by molar-refractivity contribution is 0.469. The first kappa shape index (κ1) is 15.9. The van der Waals surface area contributed by atoms with Gasteiger partial charge < -0.3 is 8.83 Å². The summed E-state index contributed by atoms with van der Waals surface area (Å²) < 4.78 is 11.7. The molecule has 0 spiro atoms. The summed E-state index contributed by atoms with van der Waals surface area (Å²) in [4.78, 5) is 8.80. The number of furan rings is 2. The average molecular weight is 370 g/mol. The molecule has 130 valence electrons. The Kier molecular flexibility index (Phi) is 3.99. The highest BCUT2D eigenvalue weighted by Gasteiger charge is 2.07. The van der Waals surface area contributed by atoms with E-state index in [9.17, 15) is 0 Å². The Morgan fingerprint density at radius 2 is 1.70 bits per heavy atom. The van der Waals surface area contributed by atoms with Gasteiger partial charge in [0.1, 0.15) is 22.0 Å². The molecule has 0 aliphatic heterocycles. The van der Waals surface area contributed by atoms with Gasteiger partial charge in [-0.1, -0.05) is 24.3 Å². The number of rotatable bonds is 4. The largest absolute Gasteiger partial charge is 0.456 e. The number of fused-ring (bicyclic) bond motifs is 3. The van der Waals surface area contributed by atoms with Crippen LogP contribution in [0.15, 0.2) is 103 Å². The zero-order valence-corrected chi connectivity index (χ0v) is 15.0. The molecule has 0 amide bonds. The van der Waals surface area contributed by atoms with Gasteiger partial charge in [0.2, 0.25) is 0 Å². The van der Waals surface area contributed by atoms with Crippen LogP contribution in [0.1, 0.15) is 5.76 Å². The highest BCUT2D eigenvalue weighted by atomic mass is 32.2. The average Bonchev–Trinajstić information content (AvgIpc) is 3.30. The number of para-hydroxylation sites is 1. The summed E-state index contributed by atoms with van der Waals surface area (Å²) in [5, 5.41) is 3.88. The van der Waals surface area contributed by atoms with E-state index in [-0.39, 0.29) is 0 Å². The van der Waals surface area contributed by atoms with E-state index in [1.165, 1.54) is 11.8 Å². The summed E-state index contributed by atoms with van der Waals surface area (Å²) in [5.41, 5.74) is 2.53. The summed E-state index contributed by atoms with van der Waals surface area (Å²) in [6, 6.07) is 23.6. The minimum absolute atomic E-state index is 0.693. The molecule has 4 nitrogen and oxygen atoms in total. The summed E-state index contributed by atoms with van der Waals surface area (Å²) in [7, 11) is 0. The Balaban J connectivity index is 1.38. The Hall–Kier alpha value is -3.31. The van der Waals surface area contributed by atoms with Crippen molar-refractivity contribution >= 4 is 45.6 Å². The van der Waals surface area contributed by atoms with Crippen molar-refractivity contribution in [3.8, 4) is 0 Å². The van der Waals surface area contributed by atoms with Crippen molar-refractivity contribution in [1.82, 2.24) is 4.98 Å². The van der Waals surface area contributed by atoms with E-state index >= 15 is 0 Å². The van der Waals surface area contributed by atoms with Crippen LogP contribution in [-0.4, -0.2) is 11.2 Å². The topological polar surface area (TPSA) is 51.5 Å². The Labute approximate surface area is 159 Å². The number of hydrogen-bond donors (Lipinski definition) is 0. The summed E-state index contributed by atoms with van der Waals surface area (Å²) in [6.45, 7) is 0. The molecule has 27 heavy (non-hydrogen) atoms. The Bertz CT molecular complexity index is 1260. The Morgan fingerprint density at radius 3 is 2.63 bits per heavy atom. The van der Waals surface area contributed by atoms with Crippen LogP contribution < -0.4 is 0 Å². The molecule has 5 rings (SSSR count). The highest BCUT2D eigenvalue weighted by Crippen LogP contribution is 2.31. The summed E-state index contributed by atoms with van der Waals surface area (Å²) in [6.07, 6.45) is 3.48. The SMILES string of the molecule is C(=Nc1ccc2c(c1)oc1ccccc12)c1ccc(Sc2ccccn2)o1. The van der Waals surface area contributed by atoms with E-state index in [1.807, 2.05) is 66.7 Å². The van der Waals surface area contributed by atoms with Gasteiger partial charge in [-0.25, -0.2) is 4.98 Å². The molecule has 0 saturated carbocycles. The molecule has 5 heteroatoms. The molecule has 3 heterocycles. The first-order chi connectivity index (χ1) is 13.3. The predicted octanol–water partition coefficient (Wildman–Crippen LogP) is 6.48. The third-order valence-corrected chi connectivity index (χ3v) is 5.02. The molecule has 0 unspecified atom stereocenters. The molecule has 0 fully saturated rings. The van der Waals surface area contributed by atoms with E-state index in [4.69, 9.17) is 8.83 Å². The van der Waals surface area contributed by atoms with Gasteiger partial charge in [0, 0.05) is 23.0 Å². The van der Waals surface area contributed by atoms with Crippen LogP contribution in [0.2, 0.25) is 0 Å². The van der Waals surface area contributed by atoms with E-state index < -0.39 is 0 Å². The molecule has 0 aliphatic rings. The fraction of sp³-hybridized carbons (Fsp3) is 0. The number of benzene rings is 2. The molecular formula is C22H14N2O2S. The lowest BCUT2D eigenvalue weighted by Crippen LogP contribution is -1.76. The molecule has 2 aromatic carbocycles. The van der Waals surface area contributed by atoms with Gasteiger partial charge in [0.15, 0.2) is 5.09 Å². The van der Waals surface area contributed by atoms with Crippen molar-refractivity contribution in [2.24, 2.45) is 4.99 Å². The van der Waals surface area contributed by atoms with Crippen LogP contribution >= 0.6 is 11.8 Å². The second kappa shape index (κ2) is 6.78. The zero-order chi connectivity index (χ0) is 18.1.